The van der Waals surface area contributed by atoms with Gasteiger partial charge in [-0.05, 0) is 38.1 Å². The number of nitriles is 1. The van der Waals surface area contributed by atoms with Crippen LogP contribution < -0.4 is 5.32 Å². The first-order valence-corrected chi connectivity index (χ1v) is 6.70. The third kappa shape index (κ3) is 2.73. The Bertz CT molecular complexity index is 640. The van der Waals surface area contributed by atoms with Gasteiger partial charge in [-0.15, -0.1) is 22.6 Å². The second-order valence-electron chi connectivity index (χ2n) is 5.03. The topological polar surface area (TPSA) is 66.5 Å². The van der Waals surface area contributed by atoms with Gasteiger partial charge >= 0.3 is 0 Å². The largest absolute Gasteiger partial charge is 0.329 e. The Morgan fingerprint density at radius 3 is 2.85 bits per heavy atom. The monoisotopic (exact) mass is 311 g/mol. The van der Waals surface area contributed by atoms with Crippen molar-refractivity contribution in [3.05, 3.63) is 23.5 Å². The Kier molecular flexibility index (Phi) is 4.48. The smallest absolute Gasteiger partial charge is 0.162 e. The molecule has 1 fully saturated rings. The quantitative estimate of drug-likeness (QED) is 0.925. The van der Waals surface area contributed by atoms with Gasteiger partial charge in [-0.25, -0.2) is 0 Å². The van der Waals surface area contributed by atoms with Crippen LogP contribution in [0.15, 0.2) is 18.3 Å². The molecule has 0 atom stereocenters. The highest BCUT2D eigenvalue weighted by Crippen LogP contribution is 2.31. The van der Waals surface area contributed by atoms with E-state index in [-0.39, 0.29) is 17.8 Å². The van der Waals surface area contributed by atoms with Gasteiger partial charge < -0.3 is 9.88 Å². The van der Waals surface area contributed by atoms with Crippen molar-refractivity contribution in [2.24, 2.45) is 5.41 Å². The molecule has 0 unspecified atom stereocenters. The van der Waals surface area contributed by atoms with E-state index in [1.165, 1.54) is 0 Å². The van der Waals surface area contributed by atoms with Crippen molar-refractivity contribution in [1.29, 1.82) is 5.26 Å². The minimum Gasteiger partial charge on any atom is -0.329 e. The highest BCUT2D eigenvalue weighted by molar-refractivity contribution is 6.29. The molecule has 1 N–H and O–H groups in total. The van der Waals surface area contributed by atoms with E-state index in [1.807, 2.05) is 16.8 Å². The standard InChI is InChI=1S/C13H14ClN5.ClH/c14-11-7-10-1-6-19(12(10)18-17-11)9-13(8-15)2-4-16-5-3-13;/h1,6-7,16H,2-5,9H2;1H. The molecule has 20 heavy (non-hydrogen) atoms. The molecule has 1 aliphatic heterocycles. The van der Waals surface area contributed by atoms with Crippen molar-refractivity contribution < 1.29 is 0 Å². The Morgan fingerprint density at radius 1 is 1.40 bits per heavy atom. The summed E-state index contributed by atoms with van der Waals surface area (Å²) in [6.07, 6.45) is 3.69. The Balaban J connectivity index is 0.00000147. The number of fused-ring (bicyclic) bond motifs is 1. The summed E-state index contributed by atoms with van der Waals surface area (Å²) in [6, 6.07) is 6.25. The zero-order valence-electron chi connectivity index (χ0n) is 10.8. The maximum atomic E-state index is 9.51. The zero-order chi connectivity index (χ0) is 13.3. The highest BCUT2D eigenvalue weighted by atomic mass is 35.5. The lowest BCUT2D eigenvalue weighted by Crippen LogP contribution is -2.38. The fraction of sp³-hybridized carbons (Fsp3) is 0.462. The molecular formula is C13H15Cl2N5. The first-order valence-electron chi connectivity index (χ1n) is 6.32. The minimum atomic E-state index is -0.307. The highest BCUT2D eigenvalue weighted by Gasteiger charge is 2.32. The van der Waals surface area contributed by atoms with Crippen molar-refractivity contribution in [2.45, 2.75) is 19.4 Å². The Morgan fingerprint density at radius 2 is 2.15 bits per heavy atom. The number of hydrogen-bond donors (Lipinski definition) is 1. The molecule has 0 amide bonds. The Labute approximate surface area is 128 Å². The van der Waals surface area contributed by atoms with Crippen LogP contribution >= 0.6 is 24.0 Å². The van der Waals surface area contributed by atoms with E-state index in [2.05, 4.69) is 21.6 Å². The average Bonchev–Trinajstić information content (AvgIpc) is 2.82. The van der Waals surface area contributed by atoms with Gasteiger partial charge in [-0.3, -0.25) is 0 Å². The van der Waals surface area contributed by atoms with Crippen LogP contribution in [0.25, 0.3) is 11.0 Å². The number of rotatable bonds is 2. The van der Waals surface area contributed by atoms with E-state index in [9.17, 15) is 5.26 Å². The van der Waals surface area contributed by atoms with E-state index in [0.29, 0.717) is 11.7 Å². The molecule has 0 bridgehead atoms. The fourth-order valence-electron chi connectivity index (χ4n) is 2.63. The van der Waals surface area contributed by atoms with Gasteiger partial charge in [-0.2, -0.15) is 5.26 Å². The molecule has 2 aromatic heterocycles. The Hall–Kier alpha value is -1.35. The van der Waals surface area contributed by atoms with E-state index in [1.54, 1.807) is 6.07 Å². The van der Waals surface area contributed by atoms with Crippen LogP contribution in [0.3, 0.4) is 0 Å². The average molecular weight is 312 g/mol. The third-order valence-corrected chi connectivity index (χ3v) is 3.93. The van der Waals surface area contributed by atoms with Gasteiger partial charge in [0.15, 0.2) is 10.8 Å². The van der Waals surface area contributed by atoms with Crippen molar-refractivity contribution in [3.8, 4) is 6.07 Å². The summed E-state index contributed by atoms with van der Waals surface area (Å²) in [6.45, 7) is 2.44. The predicted molar refractivity (Wildman–Crippen MR) is 79.9 cm³/mol. The first kappa shape index (κ1) is 15.0. The van der Waals surface area contributed by atoms with Crippen molar-refractivity contribution >= 4 is 35.0 Å². The molecule has 0 aliphatic carbocycles. The normalized spacial score (nSPS) is 17.4. The van der Waals surface area contributed by atoms with Gasteiger partial charge in [0.1, 0.15) is 0 Å². The summed E-state index contributed by atoms with van der Waals surface area (Å²) in [5.74, 6) is 0. The maximum absolute atomic E-state index is 9.51. The summed E-state index contributed by atoms with van der Waals surface area (Å²) in [5.41, 5.74) is 0.482. The second-order valence-corrected chi connectivity index (χ2v) is 5.42. The van der Waals surface area contributed by atoms with Gasteiger partial charge in [0.25, 0.3) is 0 Å². The predicted octanol–water partition coefficient (Wildman–Crippen LogP) is 2.40. The third-order valence-electron chi connectivity index (χ3n) is 3.75. The maximum Gasteiger partial charge on any atom is 0.162 e. The molecule has 2 aromatic rings. The van der Waals surface area contributed by atoms with Gasteiger partial charge in [0, 0.05) is 18.1 Å². The van der Waals surface area contributed by atoms with Crippen LogP contribution in [-0.4, -0.2) is 27.9 Å². The molecule has 0 saturated carbocycles. The molecule has 5 nitrogen and oxygen atoms in total. The fourth-order valence-corrected chi connectivity index (χ4v) is 2.78. The molecule has 1 saturated heterocycles. The van der Waals surface area contributed by atoms with E-state index >= 15 is 0 Å². The molecule has 0 spiro atoms. The molecular weight excluding hydrogens is 297 g/mol. The first-order chi connectivity index (χ1) is 9.22. The molecule has 0 radical (unpaired) electrons. The molecule has 3 rings (SSSR count). The number of piperidine rings is 1. The van der Waals surface area contributed by atoms with E-state index in [0.717, 1.165) is 37.0 Å². The van der Waals surface area contributed by atoms with Crippen LogP contribution in [0, 0.1) is 16.7 Å². The van der Waals surface area contributed by atoms with Crippen molar-refractivity contribution in [3.63, 3.8) is 0 Å². The number of aromatic nitrogens is 3. The molecule has 106 valence electrons. The van der Waals surface area contributed by atoms with Crippen molar-refractivity contribution in [2.75, 3.05) is 13.1 Å². The molecule has 1 aliphatic rings. The number of nitrogens with zero attached hydrogens (tertiary/aromatic N) is 4. The zero-order valence-corrected chi connectivity index (χ0v) is 12.4. The summed E-state index contributed by atoms with van der Waals surface area (Å²) in [5, 5.41) is 22.2. The lowest BCUT2D eigenvalue weighted by molar-refractivity contribution is 0.247. The minimum absolute atomic E-state index is 0. The van der Waals surface area contributed by atoms with E-state index < -0.39 is 0 Å². The van der Waals surface area contributed by atoms with Crippen LogP contribution in [0.1, 0.15) is 12.8 Å². The van der Waals surface area contributed by atoms with Crippen molar-refractivity contribution in [1.82, 2.24) is 20.1 Å². The van der Waals surface area contributed by atoms with Crippen LogP contribution in [0.2, 0.25) is 5.15 Å². The molecule has 7 heteroatoms. The van der Waals surface area contributed by atoms with Crippen LogP contribution in [-0.2, 0) is 6.54 Å². The lowest BCUT2D eigenvalue weighted by Gasteiger charge is -2.31. The summed E-state index contributed by atoms with van der Waals surface area (Å²) >= 11 is 5.83. The molecule has 0 aromatic carbocycles. The molecule has 3 heterocycles. The number of halogens is 2. The van der Waals surface area contributed by atoms with Crippen LogP contribution in [0.5, 0.6) is 0 Å². The number of hydrogen-bond acceptors (Lipinski definition) is 4. The summed E-state index contributed by atoms with van der Waals surface area (Å²) < 4.78 is 2.01. The lowest BCUT2D eigenvalue weighted by atomic mass is 9.80. The van der Waals surface area contributed by atoms with E-state index in [4.69, 9.17) is 11.6 Å². The van der Waals surface area contributed by atoms with Gasteiger partial charge in [0.2, 0.25) is 0 Å². The SMILES string of the molecule is Cl.N#CC1(Cn2ccc3cc(Cl)nnc32)CCNCC1. The summed E-state index contributed by atoms with van der Waals surface area (Å²) in [4.78, 5) is 0. The van der Waals surface area contributed by atoms with Gasteiger partial charge in [-0.1, -0.05) is 11.6 Å². The second kappa shape index (κ2) is 5.96. The van der Waals surface area contributed by atoms with Crippen LogP contribution in [0.4, 0.5) is 0 Å². The summed E-state index contributed by atoms with van der Waals surface area (Å²) in [7, 11) is 0. The number of nitrogens with one attached hydrogen (secondary N) is 1. The van der Waals surface area contributed by atoms with Gasteiger partial charge in [0.05, 0.1) is 11.5 Å².